The maximum absolute atomic E-state index is 13.4. The molecule has 2 atom stereocenters. The largest absolute Gasteiger partial charge is 0.448 e. The van der Waals surface area contributed by atoms with Crippen molar-refractivity contribution in [2.75, 3.05) is 6.61 Å². The maximum Gasteiger partial charge on any atom is 0.410 e. The highest BCUT2D eigenvalue weighted by Crippen LogP contribution is 2.45. The summed E-state index contributed by atoms with van der Waals surface area (Å²) in [5.74, 6) is 0.0632. The van der Waals surface area contributed by atoms with Crippen LogP contribution in [0.15, 0.2) is 72.9 Å². The molecule has 0 saturated carbocycles. The molecule has 3 heterocycles. The van der Waals surface area contributed by atoms with Gasteiger partial charge in [-0.15, -0.1) is 0 Å². The smallest absolute Gasteiger partial charge is 0.410 e. The Bertz CT molecular complexity index is 1290. The number of pyridine rings is 1. The summed E-state index contributed by atoms with van der Waals surface area (Å²) in [5.41, 5.74) is 7.55. The van der Waals surface area contributed by atoms with Gasteiger partial charge in [0, 0.05) is 18.2 Å². The number of ether oxygens (including phenoxy) is 1. The molecule has 1 saturated heterocycles. The monoisotopic (exact) mass is 447 g/mol. The van der Waals surface area contributed by atoms with Crippen LogP contribution in [0.3, 0.4) is 0 Å². The molecule has 0 N–H and O–H groups in total. The molecular weight excluding hydrogens is 422 g/mol. The van der Waals surface area contributed by atoms with E-state index in [1.54, 1.807) is 6.20 Å². The SMILES string of the molecule is N#Cc1cc(C2=CC3CCCC(C2)N3C(=O)OCC2c3ccccc3-c3ccccc32)ccn1. The van der Waals surface area contributed by atoms with Crippen molar-refractivity contribution in [3.05, 3.63) is 95.3 Å². The lowest BCUT2D eigenvalue weighted by Gasteiger charge is -2.44. The summed E-state index contributed by atoms with van der Waals surface area (Å²) in [4.78, 5) is 19.4. The molecule has 2 unspecified atom stereocenters. The quantitative estimate of drug-likeness (QED) is 0.500. The number of hydrogen-bond acceptors (Lipinski definition) is 4. The Morgan fingerprint density at radius 2 is 1.79 bits per heavy atom. The van der Waals surface area contributed by atoms with Gasteiger partial charge in [-0.25, -0.2) is 9.78 Å². The topological polar surface area (TPSA) is 66.2 Å². The number of aromatic nitrogens is 1. The van der Waals surface area contributed by atoms with E-state index in [9.17, 15) is 10.1 Å². The van der Waals surface area contributed by atoms with E-state index in [1.807, 2.05) is 17.0 Å². The van der Waals surface area contributed by atoms with Gasteiger partial charge in [-0.1, -0.05) is 54.6 Å². The van der Waals surface area contributed by atoms with Gasteiger partial charge >= 0.3 is 6.09 Å². The predicted molar refractivity (Wildman–Crippen MR) is 130 cm³/mol. The van der Waals surface area contributed by atoms with Crippen LogP contribution in [0.2, 0.25) is 0 Å². The average molecular weight is 448 g/mol. The molecule has 6 rings (SSSR count). The third-order valence-electron chi connectivity index (χ3n) is 7.43. The third-order valence-corrected chi connectivity index (χ3v) is 7.43. The Morgan fingerprint density at radius 1 is 1.06 bits per heavy atom. The van der Waals surface area contributed by atoms with Crippen LogP contribution >= 0.6 is 0 Å². The second-order valence-electron chi connectivity index (χ2n) is 9.30. The number of hydrogen-bond donors (Lipinski definition) is 0. The zero-order valence-electron chi connectivity index (χ0n) is 18.9. The Hall–Kier alpha value is -3.91. The first kappa shape index (κ1) is 20.7. The Labute approximate surface area is 199 Å². The number of nitrogens with zero attached hydrogens (tertiary/aromatic N) is 3. The summed E-state index contributed by atoms with van der Waals surface area (Å²) < 4.78 is 6.00. The molecule has 34 heavy (non-hydrogen) atoms. The minimum Gasteiger partial charge on any atom is -0.448 e. The average Bonchev–Trinajstić information content (AvgIpc) is 3.20. The lowest BCUT2D eigenvalue weighted by atomic mass is 9.83. The van der Waals surface area contributed by atoms with E-state index in [4.69, 9.17) is 4.74 Å². The van der Waals surface area contributed by atoms with Gasteiger partial charge in [0.1, 0.15) is 18.4 Å². The van der Waals surface area contributed by atoms with E-state index in [-0.39, 0.29) is 24.1 Å². The first-order chi connectivity index (χ1) is 16.7. The van der Waals surface area contributed by atoms with Gasteiger partial charge in [-0.05, 0) is 71.2 Å². The van der Waals surface area contributed by atoms with Gasteiger partial charge in [-0.3, -0.25) is 4.90 Å². The van der Waals surface area contributed by atoms with Gasteiger partial charge < -0.3 is 4.74 Å². The predicted octanol–water partition coefficient (Wildman–Crippen LogP) is 5.91. The fourth-order valence-electron chi connectivity index (χ4n) is 5.89. The highest BCUT2D eigenvalue weighted by atomic mass is 16.6. The van der Waals surface area contributed by atoms with Crippen molar-refractivity contribution >= 4 is 11.7 Å². The normalized spacial score (nSPS) is 20.7. The van der Waals surface area contributed by atoms with E-state index in [0.717, 1.165) is 31.2 Å². The molecule has 2 aliphatic heterocycles. The Kier molecular flexibility index (Phi) is 5.15. The molecule has 3 aromatic rings. The van der Waals surface area contributed by atoms with Gasteiger partial charge in [0.25, 0.3) is 0 Å². The molecule has 1 aliphatic carbocycles. The Balaban J connectivity index is 1.22. The second-order valence-corrected chi connectivity index (χ2v) is 9.30. The number of benzene rings is 2. The highest BCUT2D eigenvalue weighted by Gasteiger charge is 2.39. The van der Waals surface area contributed by atoms with Crippen molar-refractivity contribution in [3.63, 3.8) is 0 Å². The van der Waals surface area contributed by atoms with E-state index in [0.29, 0.717) is 12.3 Å². The summed E-state index contributed by atoms with van der Waals surface area (Å²) in [5, 5.41) is 9.21. The van der Waals surface area contributed by atoms with Crippen molar-refractivity contribution in [2.24, 2.45) is 0 Å². The summed E-state index contributed by atoms with van der Waals surface area (Å²) in [6, 6.07) is 22.9. The van der Waals surface area contributed by atoms with Crippen LogP contribution in [0.4, 0.5) is 4.79 Å². The van der Waals surface area contributed by atoms with E-state index < -0.39 is 0 Å². The van der Waals surface area contributed by atoms with Gasteiger partial charge in [0.15, 0.2) is 0 Å². The lowest BCUT2D eigenvalue weighted by molar-refractivity contribution is 0.0539. The Morgan fingerprint density at radius 3 is 2.50 bits per heavy atom. The standard InChI is InChI=1S/C29H25N3O2/c30-17-21-14-19(12-13-31-21)20-15-22-6-5-7-23(16-20)32(22)29(33)34-18-28-26-10-3-1-8-24(26)25-9-2-4-11-27(25)28/h1-4,8-15,22-23,28H,5-7,16,18H2. The van der Waals surface area contributed by atoms with Crippen molar-refractivity contribution in [3.8, 4) is 17.2 Å². The maximum atomic E-state index is 13.4. The summed E-state index contributed by atoms with van der Waals surface area (Å²) in [7, 11) is 0. The minimum atomic E-state index is -0.223. The van der Waals surface area contributed by atoms with Crippen LogP contribution in [0, 0.1) is 11.3 Å². The first-order valence-corrected chi connectivity index (χ1v) is 11.9. The van der Waals surface area contributed by atoms with Crippen LogP contribution in [0.5, 0.6) is 0 Å². The number of nitriles is 1. The first-order valence-electron chi connectivity index (χ1n) is 11.9. The summed E-state index contributed by atoms with van der Waals surface area (Å²) in [6.45, 7) is 0.343. The van der Waals surface area contributed by atoms with Crippen molar-refractivity contribution < 1.29 is 9.53 Å². The molecule has 5 nitrogen and oxygen atoms in total. The molecule has 0 radical (unpaired) electrons. The summed E-state index contributed by atoms with van der Waals surface area (Å²) in [6.07, 6.45) is 7.42. The molecule has 5 heteroatoms. The molecule has 2 aromatic carbocycles. The molecule has 0 spiro atoms. The molecule has 1 fully saturated rings. The van der Waals surface area contributed by atoms with Crippen LogP contribution < -0.4 is 0 Å². The van der Waals surface area contributed by atoms with Crippen molar-refractivity contribution in [2.45, 2.75) is 43.7 Å². The van der Waals surface area contributed by atoms with Crippen LogP contribution in [-0.2, 0) is 4.74 Å². The van der Waals surface area contributed by atoms with Crippen LogP contribution in [0.25, 0.3) is 16.7 Å². The molecule has 1 amide bonds. The molecule has 2 bridgehead atoms. The van der Waals surface area contributed by atoms with Gasteiger partial charge in [-0.2, -0.15) is 5.26 Å². The number of amides is 1. The fourth-order valence-corrected chi connectivity index (χ4v) is 5.89. The van der Waals surface area contributed by atoms with E-state index in [1.165, 1.54) is 27.8 Å². The van der Waals surface area contributed by atoms with Crippen molar-refractivity contribution in [1.29, 1.82) is 5.26 Å². The summed E-state index contributed by atoms with van der Waals surface area (Å²) >= 11 is 0. The van der Waals surface area contributed by atoms with E-state index in [2.05, 4.69) is 65.7 Å². The molecule has 3 aliphatic rings. The van der Waals surface area contributed by atoms with Gasteiger partial charge in [0.05, 0.1) is 6.04 Å². The van der Waals surface area contributed by atoms with Crippen LogP contribution in [0.1, 0.15) is 54.0 Å². The fraction of sp³-hybridized carbons (Fsp3) is 0.276. The molecule has 168 valence electrons. The number of piperidine rings is 1. The minimum absolute atomic E-state index is 0.0249. The van der Waals surface area contributed by atoms with E-state index >= 15 is 0 Å². The number of carbonyl (C=O) groups excluding carboxylic acids is 1. The number of rotatable bonds is 3. The molecule has 1 aromatic heterocycles. The number of carbonyl (C=O) groups is 1. The third kappa shape index (κ3) is 3.47. The van der Waals surface area contributed by atoms with Crippen molar-refractivity contribution in [1.82, 2.24) is 9.88 Å². The van der Waals surface area contributed by atoms with Crippen LogP contribution in [-0.4, -0.2) is 34.7 Å². The zero-order chi connectivity index (χ0) is 23.1. The number of fused-ring (bicyclic) bond motifs is 5. The lowest BCUT2D eigenvalue weighted by Crippen LogP contribution is -2.51. The van der Waals surface area contributed by atoms with Gasteiger partial charge in [0.2, 0.25) is 0 Å². The zero-order valence-corrected chi connectivity index (χ0v) is 18.9. The highest BCUT2D eigenvalue weighted by molar-refractivity contribution is 5.79. The second kappa shape index (κ2) is 8.46. The molecular formula is C29H25N3O2.